The summed E-state index contributed by atoms with van der Waals surface area (Å²) in [5.41, 5.74) is 6.60. The molecule has 4 N–H and O–H groups in total. The van der Waals surface area contributed by atoms with Gasteiger partial charge in [0.1, 0.15) is 24.7 Å². The number of halogens is 4. The van der Waals surface area contributed by atoms with E-state index in [1.54, 1.807) is 12.1 Å². The summed E-state index contributed by atoms with van der Waals surface area (Å²) < 4.78 is 7.14. The summed E-state index contributed by atoms with van der Waals surface area (Å²) in [6.07, 6.45) is 4.72. The number of benzene rings is 1. The molecule has 5 nitrogen and oxygen atoms in total. The molecule has 0 saturated carbocycles. The molecule has 1 aromatic rings. The van der Waals surface area contributed by atoms with E-state index in [4.69, 9.17) is 15.6 Å². The minimum atomic E-state index is -0.998. The van der Waals surface area contributed by atoms with Crippen LogP contribution >= 0.6 is 90.4 Å². The molecule has 0 fully saturated rings. The maximum absolute atomic E-state index is 10.9. The van der Waals surface area contributed by atoms with E-state index in [0.29, 0.717) is 18.6 Å². The third kappa shape index (κ3) is 5.33. The Morgan fingerprint density at radius 1 is 1.29 bits per heavy atom. The Morgan fingerprint density at radius 2 is 1.88 bits per heavy atom. The topological polar surface area (TPSA) is 92.8 Å². The van der Waals surface area contributed by atoms with E-state index in [0.717, 1.165) is 18.5 Å². The van der Waals surface area contributed by atoms with Crippen LogP contribution in [0.5, 0.6) is 11.5 Å². The van der Waals surface area contributed by atoms with Crippen molar-refractivity contribution >= 4 is 96.3 Å². The molecule has 1 atom stereocenters. The molecule has 2 rings (SSSR count). The van der Waals surface area contributed by atoms with Crippen molar-refractivity contribution < 1.29 is 19.7 Å². The smallest absolute Gasteiger partial charge is 0.320 e. The van der Waals surface area contributed by atoms with E-state index in [2.05, 4.69) is 90.4 Å². The van der Waals surface area contributed by atoms with Gasteiger partial charge in [0.2, 0.25) is 0 Å². The molecule has 0 heterocycles. The molecule has 130 valence electrons. The quantitative estimate of drug-likeness (QED) is 0.302. The monoisotopic (exact) mass is 779 g/mol. The van der Waals surface area contributed by atoms with Gasteiger partial charge < -0.3 is 20.7 Å². The van der Waals surface area contributed by atoms with Crippen molar-refractivity contribution in [2.45, 2.75) is 20.3 Å². The van der Waals surface area contributed by atoms with E-state index >= 15 is 0 Å². The van der Waals surface area contributed by atoms with E-state index in [9.17, 15) is 9.90 Å². The molecule has 9 heteroatoms. The first-order chi connectivity index (χ1) is 11.1. The first-order valence-electron chi connectivity index (χ1n) is 6.72. The number of alkyl halides is 2. The van der Waals surface area contributed by atoms with Crippen LogP contribution in [0.3, 0.4) is 0 Å². The molecule has 0 aromatic heterocycles. The predicted molar refractivity (Wildman–Crippen MR) is 126 cm³/mol. The molecular weight excluding hydrogens is 766 g/mol. The number of carbonyl (C=O) groups is 1. The summed E-state index contributed by atoms with van der Waals surface area (Å²) in [4.78, 5) is 10.9. The number of ether oxygens (including phenoxy) is 1. The van der Waals surface area contributed by atoms with Gasteiger partial charge in [-0.05, 0) is 76.2 Å². The van der Waals surface area contributed by atoms with Crippen LogP contribution in [0.1, 0.15) is 12.8 Å². The van der Waals surface area contributed by atoms with Crippen LogP contribution in [-0.2, 0) is 4.79 Å². The van der Waals surface area contributed by atoms with Gasteiger partial charge in [-0.3, -0.25) is 4.79 Å². The van der Waals surface area contributed by atoms with E-state index in [-0.39, 0.29) is 7.18 Å². The fourth-order valence-corrected chi connectivity index (χ4v) is 5.36. The Bertz CT molecular complexity index is 707. The number of phenols is 1. The van der Waals surface area contributed by atoms with Crippen molar-refractivity contribution in [1.82, 2.24) is 0 Å². The molecule has 1 aliphatic carbocycles. The number of aromatic hydroxyl groups is 1. The molecule has 0 unspecified atom stereocenters. The van der Waals surface area contributed by atoms with Gasteiger partial charge in [0.15, 0.2) is 0 Å². The number of aliphatic carboxylic acids is 1. The van der Waals surface area contributed by atoms with Crippen molar-refractivity contribution in [3.63, 3.8) is 0 Å². The number of phenolic OH excluding ortho intramolecular Hbond substituents is 1. The van der Waals surface area contributed by atoms with Gasteiger partial charge in [-0.1, -0.05) is 56.8 Å². The molecule has 0 spiro atoms. The van der Waals surface area contributed by atoms with E-state index in [1.165, 1.54) is 0 Å². The Kier molecular flexibility index (Phi) is 7.47. The third-order valence-corrected chi connectivity index (χ3v) is 6.77. The minimum Gasteiger partial charge on any atom is -0.506 e. The fourth-order valence-electron chi connectivity index (χ4n) is 2.09. The normalized spacial score (nSPS) is 17.7. The highest BCUT2D eigenvalue weighted by Crippen LogP contribution is 2.45. The molecule has 0 amide bonds. The summed E-state index contributed by atoms with van der Waals surface area (Å²) in [6, 6.07) is 2.67. The number of allylic oxidation sites excluding steroid dienone is 3. The summed E-state index contributed by atoms with van der Waals surface area (Å²) >= 11 is 8.71. The van der Waals surface area contributed by atoms with Crippen molar-refractivity contribution in [2.24, 2.45) is 5.73 Å². The predicted octanol–water partition coefficient (Wildman–Crippen LogP) is 4.56. The van der Waals surface area contributed by atoms with Gasteiger partial charge in [0.25, 0.3) is 0 Å². The third-order valence-electron chi connectivity index (χ3n) is 3.30. The lowest BCUT2D eigenvalue weighted by Gasteiger charge is -2.29. The number of carboxylic acids is 1. The van der Waals surface area contributed by atoms with Crippen LogP contribution in [0.4, 0.5) is 0 Å². The maximum Gasteiger partial charge on any atom is 0.320 e. The molecule has 0 saturated heterocycles. The average molecular weight is 779 g/mol. The number of hydrogen-bond donors (Lipinski definition) is 3. The lowest BCUT2D eigenvalue weighted by Crippen LogP contribution is -2.32. The molecule has 0 aliphatic heterocycles. The zero-order valence-corrected chi connectivity index (χ0v) is 20.7. The number of carboxylic acid groups (broad SMARTS) is 1. The van der Waals surface area contributed by atoms with Gasteiger partial charge in [-0.2, -0.15) is 0 Å². The number of nitrogens with two attached hydrogens (primary N) is 1. The van der Waals surface area contributed by atoms with Crippen LogP contribution in [0, 0.1) is 7.14 Å². The van der Waals surface area contributed by atoms with Crippen LogP contribution in [0.2, 0.25) is 0 Å². The van der Waals surface area contributed by atoms with Gasteiger partial charge in [-0.15, -0.1) is 0 Å². The van der Waals surface area contributed by atoms with E-state index in [1.807, 2.05) is 12.2 Å². The first kappa shape index (κ1) is 21.0. The highest BCUT2D eigenvalue weighted by molar-refractivity contribution is 14.2. The van der Waals surface area contributed by atoms with Crippen molar-refractivity contribution in [2.75, 3.05) is 0 Å². The molecule has 0 radical (unpaired) electrons. The van der Waals surface area contributed by atoms with E-state index < -0.39 is 12.0 Å². The Balaban J connectivity index is 2.22. The minimum absolute atomic E-state index is 0.251. The summed E-state index contributed by atoms with van der Waals surface area (Å²) in [5, 5.41) is 18.8. The molecule has 1 aliphatic rings. The standard InChI is InChI=1S/C15H13I4NO4/c16-9-4-8(5-10(17)13(9)21)24-12-2-1-7(6-15(12,18)19)3-11(20)14(22)23/h1-2,4-5,11,21H,3,6,20H2,(H,22,23)/t11-/m0/s1. The Labute approximate surface area is 194 Å². The first-order valence-corrected chi connectivity index (χ1v) is 11.0. The summed E-state index contributed by atoms with van der Waals surface area (Å²) in [5.74, 6) is 0.683. The molecular formula is C15H13I4NO4. The molecule has 24 heavy (non-hydrogen) atoms. The summed E-state index contributed by atoms with van der Waals surface area (Å²) in [7, 11) is 0. The summed E-state index contributed by atoms with van der Waals surface area (Å²) in [6.45, 7) is 0. The second-order valence-corrected chi connectivity index (χ2v) is 13.3. The van der Waals surface area contributed by atoms with Crippen molar-refractivity contribution in [3.05, 3.63) is 42.8 Å². The van der Waals surface area contributed by atoms with Crippen molar-refractivity contribution in [3.8, 4) is 11.5 Å². The Morgan fingerprint density at radius 3 is 2.38 bits per heavy atom. The largest absolute Gasteiger partial charge is 0.506 e. The second-order valence-electron chi connectivity index (χ2n) is 5.22. The van der Waals surface area contributed by atoms with Crippen LogP contribution in [0.15, 0.2) is 35.6 Å². The number of rotatable bonds is 5. The molecule has 1 aromatic carbocycles. The van der Waals surface area contributed by atoms with Crippen molar-refractivity contribution in [1.29, 1.82) is 0 Å². The number of hydrogen-bond acceptors (Lipinski definition) is 4. The van der Waals surface area contributed by atoms with Gasteiger partial charge in [0.05, 0.1) is 7.14 Å². The zero-order valence-electron chi connectivity index (χ0n) is 12.1. The fraction of sp³-hybridized carbons (Fsp3) is 0.267. The van der Waals surface area contributed by atoms with Crippen LogP contribution < -0.4 is 10.5 Å². The SMILES string of the molecule is N[C@@H](CC1=CC=C(Oc2cc(I)c(O)c(I)c2)C(I)(I)C1)C(=O)O. The lowest BCUT2D eigenvalue weighted by atomic mass is 9.97. The molecule has 0 bridgehead atoms. The highest BCUT2D eigenvalue weighted by atomic mass is 127. The highest BCUT2D eigenvalue weighted by Gasteiger charge is 2.34. The zero-order chi connectivity index (χ0) is 18.1. The maximum atomic E-state index is 10.9. The van der Waals surface area contributed by atoms with Crippen LogP contribution in [0.25, 0.3) is 0 Å². The Hall–Kier alpha value is 0.650. The lowest BCUT2D eigenvalue weighted by molar-refractivity contribution is -0.138. The van der Waals surface area contributed by atoms with Gasteiger partial charge in [0, 0.05) is 0 Å². The van der Waals surface area contributed by atoms with Gasteiger partial charge >= 0.3 is 5.97 Å². The second kappa shape index (κ2) is 8.56. The average Bonchev–Trinajstić information content (AvgIpc) is 2.46. The van der Waals surface area contributed by atoms with Gasteiger partial charge in [-0.25, -0.2) is 0 Å². The van der Waals surface area contributed by atoms with Crippen LogP contribution in [-0.4, -0.2) is 23.7 Å².